The van der Waals surface area contributed by atoms with E-state index in [2.05, 4.69) is 20.6 Å². The molecule has 148 valence electrons. The minimum atomic E-state index is -0.324. The first-order chi connectivity index (χ1) is 13.2. The van der Waals surface area contributed by atoms with Crippen molar-refractivity contribution in [1.82, 2.24) is 20.2 Å². The van der Waals surface area contributed by atoms with E-state index in [-0.39, 0.29) is 35.6 Å². The van der Waals surface area contributed by atoms with Crippen LogP contribution in [-0.4, -0.2) is 29.1 Å². The van der Waals surface area contributed by atoms with Crippen molar-refractivity contribution in [3.05, 3.63) is 83.9 Å². The maximum Gasteiger partial charge on any atom is 0.191 e. The van der Waals surface area contributed by atoms with E-state index in [4.69, 9.17) is 0 Å². The van der Waals surface area contributed by atoms with Gasteiger partial charge in [-0.1, -0.05) is 24.3 Å². The molecule has 0 aliphatic heterocycles. The predicted octanol–water partition coefficient (Wildman–Crippen LogP) is 3.68. The lowest BCUT2D eigenvalue weighted by molar-refractivity contribution is 0.606. The second-order valence-electron chi connectivity index (χ2n) is 5.95. The zero-order valence-electron chi connectivity index (χ0n) is 15.4. The molecule has 0 amide bonds. The van der Waals surface area contributed by atoms with Gasteiger partial charge in [-0.15, -0.1) is 24.0 Å². The van der Waals surface area contributed by atoms with E-state index in [1.807, 2.05) is 12.1 Å². The van der Waals surface area contributed by atoms with E-state index >= 15 is 0 Å². The first-order valence-corrected chi connectivity index (χ1v) is 8.62. The highest BCUT2D eigenvalue weighted by molar-refractivity contribution is 14.0. The smallest absolute Gasteiger partial charge is 0.191 e. The highest BCUT2D eigenvalue weighted by atomic mass is 127. The molecule has 3 rings (SSSR count). The van der Waals surface area contributed by atoms with Crippen LogP contribution in [0.1, 0.15) is 11.1 Å². The third kappa shape index (κ3) is 5.75. The van der Waals surface area contributed by atoms with Crippen LogP contribution in [0, 0.1) is 11.6 Å². The number of nitrogens with one attached hydrogen (secondary N) is 2. The van der Waals surface area contributed by atoms with Crippen molar-refractivity contribution in [3.63, 3.8) is 0 Å². The zero-order valence-corrected chi connectivity index (χ0v) is 17.7. The fourth-order valence-corrected chi connectivity index (χ4v) is 2.69. The standard InChI is InChI=1S/C20H21F2N5.HI/c1-23-20(25-9-8-16-4-2-3-5-17(16)21)26-13-15-6-7-19(18(22)12-15)27-11-10-24-14-27;/h2-7,10-12,14H,8-9,13H2,1H3,(H2,23,25,26);1H. The molecule has 0 bridgehead atoms. The highest BCUT2D eigenvalue weighted by Gasteiger charge is 2.06. The molecule has 0 spiro atoms. The van der Waals surface area contributed by atoms with E-state index < -0.39 is 0 Å². The van der Waals surface area contributed by atoms with Gasteiger partial charge in [-0.05, 0) is 35.7 Å². The Morgan fingerprint density at radius 1 is 1.11 bits per heavy atom. The van der Waals surface area contributed by atoms with Crippen molar-refractivity contribution >= 4 is 29.9 Å². The Bertz CT molecular complexity index is 913. The van der Waals surface area contributed by atoms with E-state index in [1.54, 1.807) is 48.5 Å². The van der Waals surface area contributed by atoms with Gasteiger partial charge in [-0.25, -0.2) is 13.8 Å². The van der Waals surface area contributed by atoms with Gasteiger partial charge in [0, 0.05) is 32.5 Å². The maximum atomic E-state index is 14.3. The summed E-state index contributed by atoms with van der Waals surface area (Å²) in [6, 6.07) is 11.7. The van der Waals surface area contributed by atoms with Crippen LogP contribution in [0.3, 0.4) is 0 Å². The average Bonchev–Trinajstić information content (AvgIpc) is 3.20. The lowest BCUT2D eigenvalue weighted by Gasteiger charge is -2.13. The van der Waals surface area contributed by atoms with Gasteiger partial charge in [0.25, 0.3) is 0 Å². The molecule has 1 heterocycles. The van der Waals surface area contributed by atoms with Crippen LogP contribution in [0.4, 0.5) is 8.78 Å². The molecule has 0 radical (unpaired) electrons. The summed E-state index contributed by atoms with van der Waals surface area (Å²) in [6.45, 7) is 0.953. The lowest BCUT2D eigenvalue weighted by atomic mass is 10.1. The maximum absolute atomic E-state index is 14.3. The van der Waals surface area contributed by atoms with Gasteiger partial charge >= 0.3 is 0 Å². The van der Waals surface area contributed by atoms with Crippen molar-refractivity contribution in [2.24, 2.45) is 4.99 Å². The minimum absolute atomic E-state index is 0. The fourth-order valence-electron chi connectivity index (χ4n) is 2.69. The number of halogens is 3. The van der Waals surface area contributed by atoms with E-state index in [9.17, 15) is 8.78 Å². The summed E-state index contributed by atoms with van der Waals surface area (Å²) < 4.78 is 29.5. The summed E-state index contributed by atoms with van der Waals surface area (Å²) >= 11 is 0. The monoisotopic (exact) mass is 497 g/mol. The minimum Gasteiger partial charge on any atom is -0.356 e. The van der Waals surface area contributed by atoms with Gasteiger partial charge in [0.1, 0.15) is 11.6 Å². The summed E-state index contributed by atoms with van der Waals surface area (Å²) in [5.74, 6) is 0.0379. The Hall–Kier alpha value is -2.49. The van der Waals surface area contributed by atoms with E-state index in [0.717, 1.165) is 5.56 Å². The molecule has 3 aromatic rings. The second-order valence-corrected chi connectivity index (χ2v) is 5.95. The van der Waals surface area contributed by atoms with Crippen LogP contribution in [-0.2, 0) is 13.0 Å². The Kier molecular flexibility index (Phi) is 8.37. The third-order valence-corrected chi connectivity index (χ3v) is 4.12. The number of guanidine groups is 1. The molecule has 0 aliphatic rings. The molecule has 2 N–H and O–H groups in total. The lowest BCUT2D eigenvalue weighted by Crippen LogP contribution is -2.37. The quantitative estimate of drug-likeness (QED) is 0.311. The number of imidazole rings is 1. The molecule has 0 saturated carbocycles. The molecule has 0 unspecified atom stereocenters. The molecule has 1 aromatic heterocycles. The highest BCUT2D eigenvalue weighted by Crippen LogP contribution is 2.14. The Labute approximate surface area is 179 Å². The number of aliphatic imine (C=N–C) groups is 1. The topological polar surface area (TPSA) is 54.2 Å². The molecule has 0 aliphatic carbocycles. The van der Waals surface area contributed by atoms with Crippen LogP contribution in [0.2, 0.25) is 0 Å². The zero-order chi connectivity index (χ0) is 19.1. The van der Waals surface area contributed by atoms with Gasteiger partial charge < -0.3 is 15.2 Å². The summed E-state index contributed by atoms with van der Waals surface area (Å²) in [5, 5.41) is 6.26. The van der Waals surface area contributed by atoms with Crippen LogP contribution in [0.5, 0.6) is 0 Å². The molecule has 28 heavy (non-hydrogen) atoms. The van der Waals surface area contributed by atoms with Gasteiger partial charge in [-0.2, -0.15) is 0 Å². The van der Waals surface area contributed by atoms with Gasteiger partial charge in [-0.3, -0.25) is 4.99 Å². The van der Waals surface area contributed by atoms with E-state index in [0.29, 0.717) is 36.7 Å². The fraction of sp³-hybridized carbons (Fsp3) is 0.200. The molecule has 2 aromatic carbocycles. The van der Waals surface area contributed by atoms with Crippen LogP contribution in [0.15, 0.2) is 66.2 Å². The van der Waals surface area contributed by atoms with Crippen LogP contribution in [0.25, 0.3) is 5.69 Å². The van der Waals surface area contributed by atoms with Crippen molar-refractivity contribution in [3.8, 4) is 5.69 Å². The number of rotatable bonds is 6. The number of hydrogen-bond donors (Lipinski definition) is 2. The second kappa shape index (κ2) is 10.7. The average molecular weight is 497 g/mol. The van der Waals surface area contributed by atoms with Crippen LogP contribution < -0.4 is 10.6 Å². The molecule has 0 fully saturated rings. The van der Waals surface area contributed by atoms with Gasteiger partial charge in [0.05, 0.1) is 12.0 Å². The normalized spacial score (nSPS) is 11.0. The number of aromatic nitrogens is 2. The summed E-state index contributed by atoms with van der Waals surface area (Å²) in [6.07, 6.45) is 5.39. The van der Waals surface area contributed by atoms with Gasteiger partial charge in [0.15, 0.2) is 5.96 Å². The Morgan fingerprint density at radius 2 is 1.93 bits per heavy atom. The molecule has 8 heteroatoms. The van der Waals surface area contributed by atoms with E-state index in [1.165, 1.54) is 12.1 Å². The molecule has 5 nitrogen and oxygen atoms in total. The first kappa shape index (κ1) is 21.8. The largest absolute Gasteiger partial charge is 0.356 e. The number of hydrogen-bond acceptors (Lipinski definition) is 2. The SMILES string of the molecule is CN=C(NCCc1ccccc1F)NCc1ccc(-n2ccnc2)c(F)c1.I. The molecular weight excluding hydrogens is 475 g/mol. The van der Waals surface area contributed by atoms with Crippen LogP contribution >= 0.6 is 24.0 Å². The first-order valence-electron chi connectivity index (χ1n) is 8.62. The molecule has 0 saturated heterocycles. The Morgan fingerprint density at radius 3 is 2.61 bits per heavy atom. The molecule has 0 atom stereocenters. The van der Waals surface area contributed by atoms with Gasteiger partial charge in [0.2, 0.25) is 0 Å². The van der Waals surface area contributed by atoms with Crippen molar-refractivity contribution in [2.45, 2.75) is 13.0 Å². The third-order valence-electron chi connectivity index (χ3n) is 4.12. The Balaban J connectivity index is 0.00000280. The summed E-state index contributed by atoms with van der Waals surface area (Å²) in [4.78, 5) is 8.06. The summed E-state index contributed by atoms with van der Waals surface area (Å²) in [5.41, 5.74) is 1.88. The predicted molar refractivity (Wildman–Crippen MR) is 117 cm³/mol. The summed E-state index contributed by atoms with van der Waals surface area (Å²) in [7, 11) is 1.65. The number of nitrogens with zero attached hydrogens (tertiary/aromatic N) is 3. The number of benzene rings is 2. The molecular formula is C20H22F2IN5. The van der Waals surface area contributed by atoms with Crippen molar-refractivity contribution in [2.75, 3.05) is 13.6 Å². The van der Waals surface area contributed by atoms with Crippen molar-refractivity contribution < 1.29 is 8.78 Å². The van der Waals surface area contributed by atoms with Crippen molar-refractivity contribution in [1.29, 1.82) is 0 Å².